The molecule has 3 heteroatoms. The third-order valence-electron chi connectivity index (χ3n) is 4.60. The van der Waals surface area contributed by atoms with E-state index >= 15 is 0 Å². The fourth-order valence-corrected chi connectivity index (χ4v) is 3.99. The number of carbonyl (C=O) groups excluding carboxylic acids is 1. The highest BCUT2D eigenvalue weighted by atomic mass is 79.9. The van der Waals surface area contributed by atoms with Crippen LogP contribution in [0.5, 0.6) is 0 Å². The SMILES string of the molecule is CC1(C(=O)NCC2CCCC2Br)CCCCC1. The van der Waals surface area contributed by atoms with Crippen molar-refractivity contribution in [1.82, 2.24) is 5.32 Å². The van der Waals surface area contributed by atoms with Gasteiger partial charge in [0.2, 0.25) is 5.91 Å². The molecule has 0 saturated heterocycles. The molecule has 0 bridgehead atoms. The van der Waals surface area contributed by atoms with Crippen molar-refractivity contribution in [3.8, 4) is 0 Å². The molecule has 17 heavy (non-hydrogen) atoms. The Morgan fingerprint density at radius 2 is 1.94 bits per heavy atom. The van der Waals surface area contributed by atoms with Crippen LogP contribution in [0.15, 0.2) is 0 Å². The topological polar surface area (TPSA) is 29.1 Å². The molecule has 2 fully saturated rings. The average molecular weight is 302 g/mol. The summed E-state index contributed by atoms with van der Waals surface area (Å²) in [6.45, 7) is 3.01. The lowest BCUT2D eigenvalue weighted by Gasteiger charge is -2.32. The zero-order chi connectivity index (χ0) is 12.3. The van der Waals surface area contributed by atoms with Gasteiger partial charge in [-0.2, -0.15) is 0 Å². The van der Waals surface area contributed by atoms with E-state index in [1.54, 1.807) is 0 Å². The number of hydrogen-bond acceptors (Lipinski definition) is 1. The summed E-state index contributed by atoms with van der Waals surface area (Å²) in [5.41, 5.74) is -0.0847. The summed E-state index contributed by atoms with van der Waals surface area (Å²) in [6.07, 6.45) is 9.69. The maximum absolute atomic E-state index is 12.3. The van der Waals surface area contributed by atoms with Crippen LogP contribution in [0.2, 0.25) is 0 Å². The van der Waals surface area contributed by atoms with Crippen molar-refractivity contribution in [3.63, 3.8) is 0 Å². The minimum absolute atomic E-state index is 0.0847. The van der Waals surface area contributed by atoms with Crippen LogP contribution >= 0.6 is 15.9 Å². The average Bonchev–Trinajstić information content (AvgIpc) is 2.73. The second-order valence-electron chi connectivity index (χ2n) is 6.04. The van der Waals surface area contributed by atoms with Crippen molar-refractivity contribution in [2.75, 3.05) is 6.54 Å². The Morgan fingerprint density at radius 3 is 2.53 bits per heavy atom. The van der Waals surface area contributed by atoms with E-state index < -0.39 is 0 Å². The van der Waals surface area contributed by atoms with Crippen LogP contribution in [0.25, 0.3) is 0 Å². The highest BCUT2D eigenvalue weighted by Gasteiger charge is 2.35. The quantitative estimate of drug-likeness (QED) is 0.792. The first-order valence-electron chi connectivity index (χ1n) is 7.04. The third-order valence-corrected chi connectivity index (χ3v) is 5.80. The van der Waals surface area contributed by atoms with E-state index in [1.807, 2.05) is 0 Å². The fourth-order valence-electron chi connectivity index (χ4n) is 3.22. The van der Waals surface area contributed by atoms with Gasteiger partial charge in [0.05, 0.1) is 0 Å². The number of halogens is 1. The fraction of sp³-hybridized carbons (Fsp3) is 0.929. The molecule has 0 aromatic heterocycles. The number of amides is 1. The van der Waals surface area contributed by atoms with E-state index in [-0.39, 0.29) is 5.41 Å². The van der Waals surface area contributed by atoms with Gasteiger partial charge in [-0.25, -0.2) is 0 Å². The summed E-state index contributed by atoms with van der Waals surface area (Å²) >= 11 is 3.71. The van der Waals surface area contributed by atoms with Crippen LogP contribution < -0.4 is 5.32 Å². The zero-order valence-electron chi connectivity index (χ0n) is 10.8. The van der Waals surface area contributed by atoms with Crippen molar-refractivity contribution in [3.05, 3.63) is 0 Å². The van der Waals surface area contributed by atoms with Gasteiger partial charge in [0.25, 0.3) is 0 Å². The van der Waals surface area contributed by atoms with Crippen molar-refractivity contribution < 1.29 is 4.79 Å². The molecule has 2 atom stereocenters. The first-order valence-corrected chi connectivity index (χ1v) is 7.96. The predicted molar refractivity (Wildman–Crippen MR) is 74.3 cm³/mol. The summed E-state index contributed by atoms with van der Waals surface area (Å²) in [7, 11) is 0. The second kappa shape index (κ2) is 5.73. The van der Waals surface area contributed by atoms with Crippen molar-refractivity contribution in [2.45, 2.75) is 63.1 Å². The van der Waals surface area contributed by atoms with Gasteiger partial charge in [0, 0.05) is 16.8 Å². The number of hydrogen-bond donors (Lipinski definition) is 1. The Hall–Kier alpha value is -0.0500. The first kappa shape index (κ1) is 13.4. The second-order valence-corrected chi connectivity index (χ2v) is 7.21. The molecular weight excluding hydrogens is 278 g/mol. The van der Waals surface area contributed by atoms with Crippen molar-refractivity contribution in [1.29, 1.82) is 0 Å². The Bertz CT molecular complexity index is 273. The molecular formula is C14H24BrNO. The number of rotatable bonds is 3. The maximum atomic E-state index is 12.3. The summed E-state index contributed by atoms with van der Waals surface area (Å²) in [5.74, 6) is 0.940. The van der Waals surface area contributed by atoms with E-state index in [4.69, 9.17) is 0 Å². The van der Waals surface area contributed by atoms with E-state index in [0.29, 0.717) is 16.7 Å². The summed E-state index contributed by atoms with van der Waals surface area (Å²) in [5, 5.41) is 3.20. The molecule has 2 aliphatic carbocycles. The van der Waals surface area contributed by atoms with Gasteiger partial charge in [-0.15, -0.1) is 0 Å². The Balaban J connectivity index is 1.80. The lowest BCUT2D eigenvalue weighted by atomic mass is 9.75. The predicted octanol–water partition coefficient (Wildman–Crippen LogP) is 3.64. The van der Waals surface area contributed by atoms with Crippen LogP contribution in [0.4, 0.5) is 0 Å². The molecule has 2 rings (SSSR count). The molecule has 98 valence electrons. The Kier molecular flexibility index (Phi) is 4.51. The molecule has 0 aliphatic heterocycles. The zero-order valence-corrected chi connectivity index (χ0v) is 12.4. The van der Waals surface area contributed by atoms with Gasteiger partial charge in [-0.3, -0.25) is 4.79 Å². The van der Waals surface area contributed by atoms with Gasteiger partial charge in [-0.1, -0.05) is 48.5 Å². The lowest BCUT2D eigenvalue weighted by molar-refractivity contribution is -0.132. The molecule has 0 spiro atoms. The molecule has 1 amide bonds. The summed E-state index contributed by atoms with van der Waals surface area (Å²) in [4.78, 5) is 12.9. The molecule has 2 saturated carbocycles. The van der Waals surface area contributed by atoms with Gasteiger partial charge in [0.15, 0.2) is 0 Å². The van der Waals surface area contributed by atoms with Gasteiger partial charge in [-0.05, 0) is 31.6 Å². The van der Waals surface area contributed by atoms with Gasteiger partial charge in [0.1, 0.15) is 0 Å². The molecule has 2 nitrogen and oxygen atoms in total. The molecule has 2 aliphatic rings. The Morgan fingerprint density at radius 1 is 1.24 bits per heavy atom. The molecule has 0 aromatic carbocycles. The normalized spacial score (nSPS) is 32.4. The third kappa shape index (κ3) is 3.24. The van der Waals surface area contributed by atoms with E-state index in [0.717, 1.165) is 19.4 Å². The number of nitrogens with one attached hydrogen (secondary N) is 1. The van der Waals surface area contributed by atoms with Crippen LogP contribution in [0.3, 0.4) is 0 Å². The largest absolute Gasteiger partial charge is 0.355 e. The smallest absolute Gasteiger partial charge is 0.225 e. The van der Waals surface area contributed by atoms with E-state index in [1.165, 1.54) is 38.5 Å². The number of alkyl halides is 1. The molecule has 0 heterocycles. The monoisotopic (exact) mass is 301 g/mol. The molecule has 0 aromatic rings. The van der Waals surface area contributed by atoms with Crippen LogP contribution in [-0.2, 0) is 4.79 Å². The molecule has 1 N–H and O–H groups in total. The lowest BCUT2D eigenvalue weighted by Crippen LogP contribution is -2.42. The van der Waals surface area contributed by atoms with Crippen LogP contribution in [0.1, 0.15) is 58.3 Å². The van der Waals surface area contributed by atoms with E-state index in [9.17, 15) is 4.79 Å². The van der Waals surface area contributed by atoms with Crippen molar-refractivity contribution in [2.24, 2.45) is 11.3 Å². The standard InChI is InChI=1S/C14H24BrNO/c1-14(8-3-2-4-9-14)13(17)16-10-11-6-5-7-12(11)15/h11-12H,2-10H2,1H3,(H,16,17). The molecule has 2 unspecified atom stereocenters. The maximum Gasteiger partial charge on any atom is 0.225 e. The van der Waals surface area contributed by atoms with Crippen LogP contribution in [0, 0.1) is 11.3 Å². The Labute approximate surface area is 113 Å². The number of carbonyl (C=O) groups is 1. The van der Waals surface area contributed by atoms with Crippen molar-refractivity contribution >= 4 is 21.8 Å². The van der Waals surface area contributed by atoms with Gasteiger partial charge >= 0.3 is 0 Å². The summed E-state index contributed by atoms with van der Waals surface area (Å²) < 4.78 is 0. The molecule has 0 radical (unpaired) electrons. The highest BCUT2D eigenvalue weighted by Crippen LogP contribution is 2.36. The summed E-state index contributed by atoms with van der Waals surface area (Å²) in [6, 6.07) is 0. The minimum Gasteiger partial charge on any atom is -0.355 e. The van der Waals surface area contributed by atoms with E-state index in [2.05, 4.69) is 28.2 Å². The van der Waals surface area contributed by atoms with Gasteiger partial charge < -0.3 is 5.32 Å². The minimum atomic E-state index is -0.0847. The van der Waals surface area contributed by atoms with Crippen LogP contribution in [-0.4, -0.2) is 17.3 Å². The highest BCUT2D eigenvalue weighted by molar-refractivity contribution is 9.09. The first-order chi connectivity index (χ1) is 8.12.